The number of hydrogen-bond donors (Lipinski definition) is 1. The van der Waals surface area contributed by atoms with Crippen LogP contribution in [0.4, 0.5) is 10.5 Å². The molecule has 1 aliphatic heterocycles. The van der Waals surface area contributed by atoms with E-state index in [9.17, 15) is 19.2 Å². The van der Waals surface area contributed by atoms with Crippen LogP contribution in [-0.4, -0.2) is 41.1 Å². The Balaban J connectivity index is 1.81. The van der Waals surface area contributed by atoms with Crippen LogP contribution < -0.4 is 5.32 Å². The van der Waals surface area contributed by atoms with Crippen LogP contribution >= 0.6 is 0 Å². The quantitative estimate of drug-likeness (QED) is 0.367. The molecule has 1 heterocycles. The highest BCUT2D eigenvalue weighted by atomic mass is 16.5. The highest BCUT2D eigenvalue weighted by Crippen LogP contribution is 2.34. The summed E-state index contributed by atoms with van der Waals surface area (Å²) in [5, 5.41) is 2.63. The lowest BCUT2D eigenvalue weighted by molar-refractivity contribution is -0.126. The van der Waals surface area contributed by atoms with Gasteiger partial charge in [-0.2, -0.15) is 0 Å². The first-order chi connectivity index (χ1) is 13.8. The molecular weight excluding hydrogens is 372 g/mol. The van der Waals surface area contributed by atoms with Gasteiger partial charge in [-0.3, -0.25) is 19.7 Å². The Labute approximate surface area is 169 Å². The van der Waals surface area contributed by atoms with Gasteiger partial charge in [0.2, 0.25) is 0 Å². The maximum absolute atomic E-state index is 13.0. The minimum atomic E-state index is -0.705. The van der Waals surface area contributed by atoms with E-state index in [4.69, 9.17) is 11.2 Å². The molecule has 150 valence electrons. The third kappa shape index (κ3) is 3.92. The molecule has 3 rings (SSSR count). The van der Waals surface area contributed by atoms with E-state index in [1.165, 1.54) is 4.90 Å². The van der Waals surface area contributed by atoms with Gasteiger partial charge >= 0.3 is 6.09 Å². The predicted octanol–water partition coefficient (Wildman–Crippen LogP) is 2.71. The Morgan fingerprint density at radius 3 is 2.86 bits per heavy atom. The van der Waals surface area contributed by atoms with Gasteiger partial charge in [-0.25, -0.2) is 4.79 Å². The van der Waals surface area contributed by atoms with Crippen molar-refractivity contribution in [3.05, 3.63) is 41.5 Å². The molecule has 1 N–H and O–H groups in total. The average molecular weight is 394 g/mol. The van der Waals surface area contributed by atoms with Gasteiger partial charge in [-0.15, -0.1) is 12.3 Å². The number of fused-ring (bicyclic) bond motifs is 1. The van der Waals surface area contributed by atoms with Crippen molar-refractivity contribution in [1.29, 1.82) is 0 Å². The highest BCUT2D eigenvalue weighted by Gasteiger charge is 2.41. The molecule has 2 aliphatic rings. The van der Waals surface area contributed by atoms with Crippen molar-refractivity contribution in [3.63, 3.8) is 0 Å². The summed E-state index contributed by atoms with van der Waals surface area (Å²) in [5.74, 6) is 1.12. The zero-order chi connectivity index (χ0) is 21.1. The van der Waals surface area contributed by atoms with Crippen molar-refractivity contribution in [1.82, 2.24) is 4.90 Å². The zero-order valence-corrected chi connectivity index (χ0v) is 16.2. The van der Waals surface area contributed by atoms with Crippen LogP contribution in [-0.2, 0) is 20.9 Å². The average Bonchev–Trinajstić information content (AvgIpc) is 3.00. The molecule has 1 aliphatic carbocycles. The Bertz CT molecular complexity index is 943. The number of benzene rings is 1. The second-order valence-electron chi connectivity index (χ2n) is 7.11. The summed E-state index contributed by atoms with van der Waals surface area (Å²) in [6, 6.07) is 4.27. The molecule has 0 spiro atoms. The van der Waals surface area contributed by atoms with E-state index in [1.807, 2.05) is 0 Å². The SMILES string of the molecule is C#CCCOC(=O)Nc1cccc2c1CN(C1CCC(=O)C(=C)C(C)C1=O)C2=O. The largest absolute Gasteiger partial charge is 0.448 e. The van der Waals surface area contributed by atoms with Crippen molar-refractivity contribution < 1.29 is 23.9 Å². The Hall–Kier alpha value is -3.40. The molecule has 29 heavy (non-hydrogen) atoms. The molecule has 2 atom stereocenters. The van der Waals surface area contributed by atoms with Crippen LogP contribution in [0.15, 0.2) is 30.4 Å². The van der Waals surface area contributed by atoms with E-state index in [0.29, 0.717) is 28.8 Å². The summed E-state index contributed by atoms with van der Waals surface area (Å²) in [7, 11) is 0. The lowest BCUT2D eigenvalue weighted by atomic mass is 9.94. The number of terminal acetylenes is 1. The van der Waals surface area contributed by atoms with E-state index >= 15 is 0 Å². The van der Waals surface area contributed by atoms with E-state index in [-0.39, 0.29) is 43.5 Å². The first-order valence-electron chi connectivity index (χ1n) is 9.41. The molecule has 1 fully saturated rings. The zero-order valence-electron chi connectivity index (χ0n) is 16.2. The van der Waals surface area contributed by atoms with Gasteiger partial charge < -0.3 is 9.64 Å². The fourth-order valence-electron chi connectivity index (χ4n) is 3.65. The van der Waals surface area contributed by atoms with Crippen molar-refractivity contribution in [2.45, 2.75) is 38.8 Å². The lowest BCUT2D eigenvalue weighted by Gasteiger charge is -2.26. The van der Waals surface area contributed by atoms with Crippen LogP contribution in [0.5, 0.6) is 0 Å². The third-order valence-corrected chi connectivity index (χ3v) is 5.37. The number of rotatable bonds is 4. The van der Waals surface area contributed by atoms with E-state index < -0.39 is 18.1 Å². The van der Waals surface area contributed by atoms with Gasteiger partial charge in [0.05, 0.1) is 6.04 Å². The number of ketones is 2. The Kier molecular flexibility index (Phi) is 5.83. The monoisotopic (exact) mass is 394 g/mol. The van der Waals surface area contributed by atoms with Gasteiger partial charge in [0.15, 0.2) is 11.6 Å². The molecule has 2 amide bonds. The summed E-state index contributed by atoms with van der Waals surface area (Å²) < 4.78 is 5.00. The van der Waals surface area contributed by atoms with Crippen LogP contribution in [0.2, 0.25) is 0 Å². The smallest absolute Gasteiger partial charge is 0.411 e. The summed E-state index contributed by atoms with van der Waals surface area (Å²) in [6.07, 6.45) is 5.21. The van der Waals surface area contributed by atoms with Crippen molar-refractivity contribution in [2.24, 2.45) is 5.92 Å². The fraction of sp³-hybridized carbons (Fsp3) is 0.364. The highest BCUT2D eigenvalue weighted by molar-refractivity contribution is 6.08. The summed E-state index contributed by atoms with van der Waals surface area (Å²) in [6.45, 7) is 5.64. The van der Waals surface area contributed by atoms with E-state index in [0.717, 1.165) is 0 Å². The number of nitrogens with zero attached hydrogens (tertiary/aromatic N) is 1. The van der Waals surface area contributed by atoms with Crippen molar-refractivity contribution in [2.75, 3.05) is 11.9 Å². The second kappa shape index (κ2) is 8.31. The number of hydrogen-bond acceptors (Lipinski definition) is 5. The molecule has 7 heteroatoms. The number of anilines is 1. The third-order valence-electron chi connectivity index (χ3n) is 5.37. The molecule has 1 aromatic carbocycles. The molecule has 1 saturated carbocycles. The molecule has 0 saturated heterocycles. The standard InChI is InChI=1S/C22H22N2O5/c1-4-5-11-29-22(28)23-17-8-6-7-15-16(17)12-24(21(15)27)18-9-10-19(25)13(2)14(3)20(18)26/h1,6-8,14,18H,2,5,9-12H2,3H3,(H,23,28). The van der Waals surface area contributed by atoms with Gasteiger partial charge in [0, 0.05) is 42.1 Å². The van der Waals surface area contributed by atoms with Crippen LogP contribution in [0.3, 0.4) is 0 Å². The number of amides is 2. The number of ether oxygens (including phenoxy) is 1. The van der Waals surface area contributed by atoms with Crippen LogP contribution in [0.25, 0.3) is 0 Å². The number of nitrogens with one attached hydrogen (secondary N) is 1. The molecule has 0 bridgehead atoms. The summed E-state index contributed by atoms with van der Waals surface area (Å²) in [4.78, 5) is 51.4. The first kappa shape index (κ1) is 20.3. The fourth-order valence-corrected chi connectivity index (χ4v) is 3.65. The topological polar surface area (TPSA) is 92.8 Å². The van der Waals surface area contributed by atoms with Gasteiger partial charge in [-0.1, -0.05) is 19.6 Å². The number of carbonyl (C=O) groups is 4. The predicted molar refractivity (Wildman–Crippen MR) is 106 cm³/mol. The second-order valence-corrected chi connectivity index (χ2v) is 7.11. The van der Waals surface area contributed by atoms with Gasteiger partial charge in [0.25, 0.3) is 5.91 Å². The summed E-state index contributed by atoms with van der Waals surface area (Å²) in [5.41, 5.74) is 1.76. The Morgan fingerprint density at radius 1 is 1.38 bits per heavy atom. The number of Topliss-reactive ketones (excluding diaryl/α,β-unsaturated/α-hetero) is 2. The van der Waals surface area contributed by atoms with Crippen molar-refractivity contribution >= 4 is 29.3 Å². The minimum absolute atomic E-state index is 0.0921. The molecule has 1 aromatic rings. The molecule has 0 aromatic heterocycles. The summed E-state index contributed by atoms with van der Waals surface area (Å²) >= 11 is 0. The molecule has 0 radical (unpaired) electrons. The number of carbonyl (C=O) groups excluding carboxylic acids is 4. The van der Waals surface area contributed by atoms with Gasteiger partial charge in [-0.05, 0) is 24.1 Å². The molecule has 7 nitrogen and oxygen atoms in total. The number of allylic oxidation sites excluding steroid dienone is 1. The normalized spacial score (nSPS) is 21.4. The first-order valence-corrected chi connectivity index (χ1v) is 9.41. The van der Waals surface area contributed by atoms with E-state index in [2.05, 4.69) is 17.8 Å². The van der Waals surface area contributed by atoms with Crippen LogP contribution in [0.1, 0.15) is 42.1 Å². The molecular formula is C22H22N2O5. The maximum Gasteiger partial charge on any atom is 0.411 e. The minimum Gasteiger partial charge on any atom is -0.448 e. The van der Waals surface area contributed by atoms with Crippen LogP contribution in [0, 0.1) is 18.3 Å². The van der Waals surface area contributed by atoms with Gasteiger partial charge in [0.1, 0.15) is 6.61 Å². The maximum atomic E-state index is 13.0. The lowest BCUT2D eigenvalue weighted by Crippen LogP contribution is -2.42. The molecule has 2 unspecified atom stereocenters. The van der Waals surface area contributed by atoms with Crippen molar-refractivity contribution in [3.8, 4) is 12.3 Å². The Morgan fingerprint density at radius 2 is 2.14 bits per heavy atom. The van der Waals surface area contributed by atoms with E-state index in [1.54, 1.807) is 25.1 Å².